The lowest BCUT2D eigenvalue weighted by molar-refractivity contribution is 0.394. The molecule has 0 spiro atoms. The Bertz CT molecular complexity index is 662. The minimum absolute atomic E-state index is 0.0182. The van der Waals surface area contributed by atoms with E-state index in [0.29, 0.717) is 0 Å². The fraction of sp³-hybridized carbons (Fsp3) is 0.200. The maximum atomic E-state index is 14.1. The van der Waals surface area contributed by atoms with Crippen LogP contribution in [-0.2, 0) is 0 Å². The standard InChI is InChI=1S/C15H15F3N2O/c1-8-6-7-9(14(18)13(8)17)15(20-19)12-10(16)4-3-5-11(12)21-2/h3-7,15,20H,19H2,1-2H3. The van der Waals surface area contributed by atoms with Gasteiger partial charge in [-0.25, -0.2) is 18.6 Å². The van der Waals surface area contributed by atoms with E-state index in [4.69, 9.17) is 10.6 Å². The summed E-state index contributed by atoms with van der Waals surface area (Å²) in [7, 11) is 1.36. The molecule has 1 atom stereocenters. The van der Waals surface area contributed by atoms with Crippen molar-refractivity contribution in [2.75, 3.05) is 7.11 Å². The van der Waals surface area contributed by atoms with Crippen molar-refractivity contribution in [3.8, 4) is 5.75 Å². The number of aryl methyl sites for hydroxylation is 1. The molecule has 21 heavy (non-hydrogen) atoms. The van der Waals surface area contributed by atoms with Crippen molar-refractivity contribution in [2.24, 2.45) is 5.84 Å². The van der Waals surface area contributed by atoms with Crippen LogP contribution in [0.1, 0.15) is 22.7 Å². The minimum Gasteiger partial charge on any atom is -0.496 e. The number of nitrogens with one attached hydrogen (secondary N) is 1. The molecule has 1 unspecified atom stereocenters. The first-order valence-electron chi connectivity index (χ1n) is 6.24. The van der Waals surface area contributed by atoms with E-state index in [2.05, 4.69) is 5.43 Å². The number of ether oxygens (including phenoxy) is 1. The molecule has 0 aliphatic carbocycles. The zero-order chi connectivity index (χ0) is 15.6. The third-order valence-electron chi connectivity index (χ3n) is 3.30. The van der Waals surface area contributed by atoms with Gasteiger partial charge in [0.25, 0.3) is 0 Å². The summed E-state index contributed by atoms with van der Waals surface area (Å²) in [5.41, 5.74) is 2.40. The van der Waals surface area contributed by atoms with Crippen LogP contribution in [0.5, 0.6) is 5.75 Å². The van der Waals surface area contributed by atoms with Crippen LogP contribution in [-0.4, -0.2) is 7.11 Å². The van der Waals surface area contributed by atoms with Crippen LogP contribution < -0.4 is 16.0 Å². The van der Waals surface area contributed by atoms with Gasteiger partial charge in [0.15, 0.2) is 11.6 Å². The largest absolute Gasteiger partial charge is 0.496 e. The average molecular weight is 296 g/mol. The molecule has 112 valence electrons. The van der Waals surface area contributed by atoms with Gasteiger partial charge in [0.05, 0.1) is 18.7 Å². The highest BCUT2D eigenvalue weighted by Gasteiger charge is 2.25. The molecule has 0 heterocycles. The topological polar surface area (TPSA) is 47.3 Å². The zero-order valence-electron chi connectivity index (χ0n) is 11.6. The van der Waals surface area contributed by atoms with Crippen molar-refractivity contribution in [2.45, 2.75) is 13.0 Å². The monoisotopic (exact) mass is 296 g/mol. The third-order valence-corrected chi connectivity index (χ3v) is 3.30. The molecule has 0 aliphatic rings. The summed E-state index contributed by atoms with van der Waals surface area (Å²) in [4.78, 5) is 0. The fourth-order valence-electron chi connectivity index (χ4n) is 2.19. The zero-order valence-corrected chi connectivity index (χ0v) is 11.6. The number of hydrazine groups is 1. The summed E-state index contributed by atoms with van der Waals surface area (Å²) in [6, 6.07) is 5.87. The molecule has 0 saturated heterocycles. The van der Waals surface area contributed by atoms with Crippen molar-refractivity contribution in [1.82, 2.24) is 5.43 Å². The molecule has 0 bridgehead atoms. The van der Waals surface area contributed by atoms with E-state index in [-0.39, 0.29) is 22.4 Å². The summed E-state index contributed by atoms with van der Waals surface area (Å²) in [6.45, 7) is 1.44. The molecule has 2 rings (SSSR count). The molecule has 2 aromatic rings. The smallest absolute Gasteiger partial charge is 0.164 e. The number of methoxy groups -OCH3 is 1. The Labute approximate surface area is 120 Å². The molecule has 3 N–H and O–H groups in total. The fourth-order valence-corrected chi connectivity index (χ4v) is 2.19. The highest BCUT2D eigenvalue weighted by Crippen LogP contribution is 2.33. The molecule has 6 heteroatoms. The van der Waals surface area contributed by atoms with E-state index in [0.717, 1.165) is 0 Å². The second kappa shape index (κ2) is 6.15. The second-order valence-electron chi connectivity index (χ2n) is 4.56. The molecule has 2 aromatic carbocycles. The molecular formula is C15H15F3N2O. The molecule has 3 nitrogen and oxygen atoms in total. The summed E-state index contributed by atoms with van der Waals surface area (Å²) in [5, 5.41) is 0. The Morgan fingerprint density at radius 1 is 1.10 bits per heavy atom. The molecule has 0 saturated carbocycles. The second-order valence-corrected chi connectivity index (χ2v) is 4.56. The van der Waals surface area contributed by atoms with E-state index >= 15 is 0 Å². The van der Waals surface area contributed by atoms with Crippen molar-refractivity contribution in [1.29, 1.82) is 0 Å². The van der Waals surface area contributed by atoms with Crippen LogP contribution in [0.15, 0.2) is 30.3 Å². The van der Waals surface area contributed by atoms with Crippen molar-refractivity contribution in [3.63, 3.8) is 0 Å². The Kier molecular flexibility index (Phi) is 4.50. The van der Waals surface area contributed by atoms with Crippen LogP contribution >= 0.6 is 0 Å². The number of nitrogens with two attached hydrogens (primary N) is 1. The molecule has 0 aromatic heterocycles. The highest BCUT2D eigenvalue weighted by atomic mass is 19.2. The summed E-state index contributed by atoms with van der Waals surface area (Å²) in [5.74, 6) is 2.94. The van der Waals surface area contributed by atoms with Gasteiger partial charge in [0.2, 0.25) is 0 Å². The van der Waals surface area contributed by atoms with Gasteiger partial charge in [-0.05, 0) is 24.6 Å². The predicted octanol–water partition coefficient (Wildman–Crippen LogP) is 2.97. The first-order chi connectivity index (χ1) is 10.0. The van der Waals surface area contributed by atoms with Gasteiger partial charge in [-0.1, -0.05) is 18.2 Å². The van der Waals surface area contributed by atoms with Gasteiger partial charge in [-0.15, -0.1) is 0 Å². The van der Waals surface area contributed by atoms with E-state index in [1.807, 2.05) is 0 Å². The maximum Gasteiger partial charge on any atom is 0.164 e. The van der Waals surface area contributed by atoms with Gasteiger partial charge in [0, 0.05) is 5.56 Å². The molecular weight excluding hydrogens is 281 g/mol. The lowest BCUT2D eigenvalue weighted by Gasteiger charge is -2.21. The van der Waals surface area contributed by atoms with Gasteiger partial charge in [0.1, 0.15) is 11.6 Å². The Morgan fingerprint density at radius 2 is 1.81 bits per heavy atom. The number of benzene rings is 2. The Hall–Kier alpha value is -2.05. The minimum atomic E-state index is -1.07. The van der Waals surface area contributed by atoms with Crippen molar-refractivity contribution >= 4 is 0 Å². The van der Waals surface area contributed by atoms with Crippen LogP contribution in [0.25, 0.3) is 0 Å². The summed E-state index contributed by atoms with van der Waals surface area (Å²) >= 11 is 0. The maximum absolute atomic E-state index is 14.1. The van der Waals surface area contributed by atoms with Crippen molar-refractivity contribution < 1.29 is 17.9 Å². The predicted molar refractivity (Wildman–Crippen MR) is 73.2 cm³/mol. The first kappa shape index (κ1) is 15.3. The van der Waals surface area contributed by atoms with Crippen molar-refractivity contribution in [3.05, 3.63) is 64.5 Å². The van der Waals surface area contributed by atoms with Crippen LogP contribution in [0.2, 0.25) is 0 Å². The van der Waals surface area contributed by atoms with Crippen LogP contribution in [0, 0.1) is 24.4 Å². The van der Waals surface area contributed by atoms with E-state index < -0.39 is 23.5 Å². The van der Waals surface area contributed by atoms with Crippen LogP contribution in [0.4, 0.5) is 13.2 Å². The summed E-state index contributed by atoms with van der Waals surface area (Å²) < 4.78 is 47.0. The highest BCUT2D eigenvalue weighted by molar-refractivity contribution is 5.43. The number of halogens is 3. The number of rotatable bonds is 4. The van der Waals surface area contributed by atoms with Gasteiger partial charge in [-0.2, -0.15) is 0 Å². The lowest BCUT2D eigenvalue weighted by atomic mass is 9.96. The number of hydrogen-bond acceptors (Lipinski definition) is 3. The molecule has 0 fully saturated rings. The first-order valence-corrected chi connectivity index (χ1v) is 6.24. The lowest BCUT2D eigenvalue weighted by Crippen LogP contribution is -2.31. The molecule has 0 aliphatic heterocycles. The SMILES string of the molecule is COc1cccc(F)c1C(NN)c1ccc(C)c(F)c1F. The van der Waals surface area contributed by atoms with Crippen LogP contribution in [0.3, 0.4) is 0 Å². The van der Waals surface area contributed by atoms with E-state index in [1.54, 1.807) is 0 Å². The average Bonchev–Trinajstić information content (AvgIpc) is 2.49. The Morgan fingerprint density at radius 3 is 2.43 bits per heavy atom. The van der Waals surface area contributed by atoms with Gasteiger partial charge in [-0.3, -0.25) is 5.84 Å². The number of hydrogen-bond donors (Lipinski definition) is 2. The molecule has 0 amide bonds. The quantitative estimate of drug-likeness (QED) is 0.673. The van der Waals surface area contributed by atoms with E-state index in [9.17, 15) is 13.2 Å². The summed E-state index contributed by atoms with van der Waals surface area (Å²) in [6.07, 6.45) is 0. The van der Waals surface area contributed by atoms with E-state index in [1.165, 1.54) is 44.4 Å². The molecule has 0 radical (unpaired) electrons. The normalized spacial score (nSPS) is 12.3. The van der Waals surface area contributed by atoms with Gasteiger partial charge >= 0.3 is 0 Å². The van der Waals surface area contributed by atoms with Gasteiger partial charge < -0.3 is 4.74 Å². The third kappa shape index (κ3) is 2.72. The Balaban J connectivity index is 2.63.